The molecule has 0 bridgehead atoms. The van der Waals surface area contributed by atoms with Gasteiger partial charge in [0.25, 0.3) is 0 Å². The van der Waals surface area contributed by atoms with Gasteiger partial charge in [0.05, 0.1) is 0 Å². The van der Waals surface area contributed by atoms with Gasteiger partial charge >= 0.3 is 0 Å². The van der Waals surface area contributed by atoms with E-state index in [4.69, 9.17) is 0 Å². The molecule has 0 aromatic heterocycles. The second-order valence-electron chi connectivity index (χ2n) is 3.73. The van der Waals surface area contributed by atoms with E-state index in [1.807, 2.05) is 12.1 Å². The van der Waals surface area contributed by atoms with Gasteiger partial charge in [0.2, 0.25) is 0 Å². The smallest absolute Gasteiger partial charge is 0 e. The molecule has 0 fully saturated rings. The minimum Gasteiger partial charge on any atom is -0.239 e. The van der Waals surface area contributed by atoms with Crippen LogP contribution in [-0.4, -0.2) is 0 Å². The first-order valence-electron chi connectivity index (χ1n) is 5.12. The molecule has 0 saturated heterocycles. The fourth-order valence-corrected chi connectivity index (χ4v) is 1.74. The van der Waals surface area contributed by atoms with Gasteiger partial charge in [-0.05, 0) is 0 Å². The molecule has 0 aliphatic carbocycles. The topological polar surface area (TPSA) is 0 Å². The summed E-state index contributed by atoms with van der Waals surface area (Å²) < 4.78 is 0. The monoisotopic (exact) mass is 636 g/mol. The second-order valence-corrected chi connectivity index (χ2v) is 3.73. The Balaban J connectivity index is 0.00000112. The first kappa shape index (κ1) is 14.4. The van der Waals surface area contributed by atoms with Gasteiger partial charge in [-0.15, -0.1) is 0 Å². The molecule has 0 saturated carbocycles. The van der Waals surface area contributed by atoms with E-state index in [0.717, 1.165) is 0 Å². The predicted molar refractivity (Wildman–Crippen MR) is 60.3 cm³/mol. The Bertz CT molecular complexity index is 434. The number of rotatable bonds is 2. The van der Waals surface area contributed by atoms with Crippen LogP contribution in [0, 0.1) is 12.1 Å². The summed E-state index contributed by atoms with van der Waals surface area (Å²) in [6.07, 6.45) is 1.17. The first-order chi connectivity index (χ1) is 6.83. The largest absolute Gasteiger partial charge is 0.239 e. The van der Waals surface area contributed by atoms with E-state index >= 15 is 0 Å². The van der Waals surface area contributed by atoms with Crippen LogP contribution in [-0.2, 0) is 20.4 Å². The van der Waals surface area contributed by atoms with Crippen molar-refractivity contribution in [1.29, 1.82) is 0 Å². The maximum Gasteiger partial charge on any atom is 0 e. The van der Waals surface area contributed by atoms with Crippen LogP contribution in [0.1, 0.15) is 31.7 Å². The van der Waals surface area contributed by atoms with Gasteiger partial charge in [-0.3, -0.25) is 0 Å². The molecule has 2 heteroatoms. The van der Waals surface area contributed by atoms with E-state index in [9.17, 15) is 0 Å². The van der Waals surface area contributed by atoms with Crippen LogP contribution in [0.3, 0.4) is 0 Å². The standard InChI is InChI=1S/C14H14.Re.Rf/c1-3-11(2)13-10-6-8-12-7-4-5-9-14(12)13;;/h4,7-11H,3H2,1-2H3;;/q-2;;. The molecule has 2 aromatic rings. The van der Waals surface area contributed by atoms with Crippen molar-refractivity contribution < 1.29 is 20.4 Å². The molecule has 0 aliphatic rings. The molecule has 0 aliphatic heterocycles. The van der Waals surface area contributed by atoms with Crippen molar-refractivity contribution in [3.8, 4) is 0 Å². The molecule has 0 amide bonds. The zero-order valence-electron chi connectivity index (χ0n) is 9.76. The SMILES string of the molecule is CCC(C)c1c[c-]cc2cc[c-]cc12.[Re].[Rf]. The summed E-state index contributed by atoms with van der Waals surface area (Å²) in [6.45, 7) is 4.48. The third-order valence-electron chi connectivity index (χ3n) is 2.83. The van der Waals surface area contributed by atoms with E-state index < -0.39 is 0 Å². The van der Waals surface area contributed by atoms with E-state index in [-0.39, 0.29) is 20.4 Å². The average Bonchev–Trinajstić information content (AvgIpc) is 2.27. The maximum absolute atomic E-state index is 3.21. The Morgan fingerprint density at radius 2 is 1.94 bits per heavy atom. The molecule has 0 spiro atoms. The summed E-state index contributed by atoms with van der Waals surface area (Å²) in [5.41, 5.74) is 1.39. The van der Waals surface area contributed by atoms with E-state index in [1.54, 1.807) is 0 Å². The Labute approximate surface area is 105 Å². The summed E-state index contributed by atoms with van der Waals surface area (Å²) >= 11 is 0. The molecule has 0 heterocycles. The van der Waals surface area contributed by atoms with E-state index in [1.165, 1.54) is 22.8 Å². The van der Waals surface area contributed by atoms with Crippen molar-refractivity contribution in [3.05, 3.63) is 48.0 Å². The predicted octanol–water partition coefficient (Wildman–Crippen LogP) is 3.95. The number of fused-ring (bicyclic) bond motifs is 1. The van der Waals surface area contributed by atoms with Crippen LogP contribution in [0.2, 0.25) is 0 Å². The number of hydrogen-bond donors (Lipinski definition) is 0. The van der Waals surface area contributed by atoms with Crippen molar-refractivity contribution in [3.63, 3.8) is 0 Å². The minimum absolute atomic E-state index is 0. The molecule has 1 radical (unpaired) electrons. The Morgan fingerprint density at radius 1 is 1.19 bits per heavy atom. The summed E-state index contributed by atoms with van der Waals surface area (Å²) in [4.78, 5) is 0. The minimum atomic E-state index is 0. The van der Waals surface area contributed by atoms with Gasteiger partial charge in [-0.1, -0.05) is 26.2 Å². The molecule has 0 N–H and O–H groups in total. The Morgan fingerprint density at radius 3 is 2.62 bits per heavy atom. The molecule has 1 atom stereocenters. The van der Waals surface area contributed by atoms with E-state index in [0.29, 0.717) is 5.92 Å². The van der Waals surface area contributed by atoms with Gasteiger partial charge in [0.1, 0.15) is 0 Å². The van der Waals surface area contributed by atoms with Crippen molar-refractivity contribution in [1.82, 2.24) is 0 Å². The zero-order chi connectivity index (χ0) is 9.97. The van der Waals surface area contributed by atoms with Crippen LogP contribution < -0.4 is 0 Å². The maximum atomic E-state index is 3.21. The van der Waals surface area contributed by atoms with Crippen molar-refractivity contribution in [2.45, 2.75) is 26.2 Å². The summed E-state index contributed by atoms with van der Waals surface area (Å²) in [5.74, 6) is 0.603. The molecular formula is C14H14ReRf-2. The fourth-order valence-electron chi connectivity index (χ4n) is 1.74. The third kappa shape index (κ3) is 2.48. The molecule has 2 aromatic carbocycles. The van der Waals surface area contributed by atoms with Crippen LogP contribution in [0.15, 0.2) is 30.3 Å². The van der Waals surface area contributed by atoms with Crippen LogP contribution in [0.25, 0.3) is 10.8 Å². The number of benzene rings is 2. The molecule has 2 rings (SSSR count). The zero-order valence-corrected chi connectivity index (χ0v) is 18.9. The molecular weight excluding hydrogens is 621 g/mol. The molecule has 0 nitrogen and oxygen atoms in total. The van der Waals surface area contributed by atoms with Crippen LogP contribution in [0.4, 0.5) is 0 Å². The summed E-state index contributed by atoms with van der Waals surface area (Å²) in [6, 6.07) is 16.6. The van der Waals surface area contributed by atoms with E-state index in [2.05, 4.69) is 44.2 Å². The van der Waals surface area contributed by atoms with Gasteiger partial charge in [-0.2, -0.15) is 36.4 Å². The van der Waals surface area contributed by atoms with Crippen LogP contribution >= 0.6 is 0 Å². The quantitative estimate of drug-likeness (QED) is 0.439. The van der Waals surface area contributed by atoms with Crippen LogP contribution in [0.5, 0.6) is 0 Å². The second kappa shape index (κ2) is 6.06. The number of hydrogen-bond acceptors (Lipinski definition) is 0. The van der Waals surface area contributed by atoms with Gasteiger partial charge in [-0.25, -0.2) is 22.4 Å². The molecule has 16 heavy (non-hydrogen) atoms. The van der Waals surface area contributed by atoms with Gasteiger partial charge in [0, 0.05) is 20.4 Å². The Kier molecular flexibility index (Phi) is 5.44. The average molecular weight is 635 g/mol. The third-order valence-corrected chi connectivity index (χ3v) is 2.83. The van der Waals surface area contributed by atoms with Crippen molar-refractivity contribution >= 4 is 10.8 Å². The molecule has 1 unspecified atom stereocenters. The van der Waals surface area contributed by atoms with Gasteiger partial charge < -0.3 is 0 Å². The van der Waals surface area contributed by atoms with Gasteiger partial charge in [0.15, 0.2) is 0 Å². The summed E-state index contributed by atoms with van der Waals surface area (Å²) in [5, 5.41) is 2.59. The van der Waals surface area contributed by atoms with Crippen molar-refractivity contribution in [2.24, 2.45) is 0 Å². The van der Waals surface area contributed by atoms with Crippen molar-refractivity contribution in [2.75, 3.05) is 0 Å². The normalized spacial score (nSPS) is 11.4. The fraction of sp³-hybridized carbons (Fsp3) is 0.286. The first-order valence-corrected chi connectivity index (χ1v) is 5.12. The Hall–Kier alpha value is -1.64. The summed E-state index contributed by atoms with van der Waals surface area (Å²) in [7, 11) is 0. The molecule has 81 valence electrons.